The first-order valence-corrected chi connectivity index (χ1v) is 7.73. The molecule has 0 aliphatic carbocycles. The van der Waals surface area contributed by atoms with Crippen molar-refractivity contribution in [1.82, 2.24) is 4.98 Å². The molecule has 100 valence electrons. The lowest BCUT2D eigenvalue weighted by Crippen LogP contribution is -1.81. The largest absolute Gasteiger partial charge is 0.248 e. The van der Waals surface area contributed by atoms with Gasteiger partial charge < -0.3 is 0 Å². The molecular weight excluding hydrogens is 274 g/mol. The third-order valence-corrected chi connectivity index (χ3v) is 4.56. The van der Waals surface area contributed by atoms with E-state index in [1.807, 2.05) is 18.2 Å². The van der Waals surface area contributed by atoms with E-state index in [0.717, 1.165) is 11.2 Å². The molecule has 4 aromatic rings. The number of nitrogens with zero attached hydrogens (tertiary/aromatic N) is 1. The Balaban J connectivity index is 1.69. The number of para-hydroxylation sites is 1. The molecule has 0 aliphatic heterocycles. The first kappa shape index (κ1) is 12.3. The fourth-order valence-electron chi connectivity index (χ4n) is 2.43. The Morgan fingerprint density at radius 3 is 2.48 bits per heavy atom. The van der Waals surface area contributed by atoms with Gasteiger partial charge in [-0.1, -0.05) is 42.5 Å². The maximum Gasteiger partial charge on any atom is 0.0709 e. The van der Waals surface area contributed by atoms with Crippen LogP contribution >= 0.6 is 11.3 Å². The number of fused-ring (bicyclic) bond motifs is 2. The van der Waals surface area contributed by atoms with E-state index in [1.54, 1.807) is 11.3 Å². The van der Waals surface area contributed by atoms with Gasteiger partial charge in [0.25, 0.3) is 0 Å². The Bertz CT molecular complexity index is 917. The Hall–Kier alpha value is -2.45. The van der Waals surface area contributed by atoms with Gasteiger partial charge in [-0.3, -0.25) is 0 Å². The monoisotopic (exact) mass is 287 g/mol. The van der Waals surface area contributed by atoms with E-state index in [2.05, 4.69) is 65.7 Å². The van der Waals surface area contributed by atoms with E-state index in [0.29, 0.717) is 0 Å². The van der Waals surface area contributed by atoms with E-state index in [-0.39, 0.29) is 0 Å². The highest BCUT2D eigenvalue weighted by atomic mass is 32.1. The quantitative estimate of drug-likeness (QED) is 0.466. The van der Waals surface area contributed by atoms with Crippen LogP contribution in [0.5, 0.6) is 0 Å². The van der Waals surface area contributed by atoms with Crippen molar-refractivity contribution in [2.45, 2.75) is 0 Å². The number of hydrogen-bond acceptors (Lipinski definition) is 2. The summed E-state index contributed by atoms with van der Waals surface area (Å²) in [5.74, 6) is 0. The van der Waals surface area contributed by atoms with E-state index in [9.17, 15) is 0 Å². The van der Waals surface area contributed by atoms with Crippen molar-refractivity contribution in [3.63, 3.8) is 0 Å². The van der Waals surface area contributed by atoms with Crippen LogP contribution in [0, 0.1) is 0 Å². The summed E-state index contributed by atoms with van der Waals surface area (Å²) in [7, 11) is 0. The van der Waals surface area contributed by atoms with Crippen molar-refractivity contribution in [2.75, 3.05) is 0 Å². The van der Waals surface area contributed by atoms with Gasteiger partial charge in [-0.25, -0.2) is 4.98 Å². The van der Waals surface area contributed by atoms with Crippen molar-refractivity contribution in [3.05, 3.63) is 77.3 Å². The molecule has 0 bridgehead atoms. The Morgan fingerprint density at radius 1 is 0.762 bits per heavy atom. The number of rotatable bonds is 2. The zero-order valence-electron chi connectivity index (χ0n) is 11.4. The van der Waals surface area contributed by atoms with Crippen LogP contribution in [0.2, 0.25) is 0 Å². The Morgan fingerprint density at radius 2 is 1.57 bits per heavy atom. The minimum atomic E-state index is 0.992. The molecule has 0 atom stereocenters. The smallest absolute Gasteiger partial charge is 0.0709 e. The molecule has 1 nitrogen and oxygen atoms in total. The fourth-order valence-corrected chi connectivity index (χ4v) is 3.39. The van der Waals surface area contributed by atoms with Gasteiger partial charge in [0, 0.05) is 15.0 Å². The standard InChI is InChI=1S/C19H13NS/c1-3-7-18-14(5-1)9-10-16(20-18)11-12-17-13-15-6-2-4-8-19(15)21-17/h1-13H/b12-11+. The third-order valence-electron chi connectivity index (χ3n) is 3.48. The zero-order chi connectivity index (χ0) is 14.1. The van der Waals surface area contributed by atoms with Gasteiger partial charge in [0.15, 0.2) is 0 Å². The van der Waals surface area contributed by atoms with Gasteiger partial charge in [-0.05, 0) is 41.8 Å². The maximum atomic E-state index is 4.66. The predicted octanol–water partition coefficient (Wildman–Crippen LogP) is 5.62. The summed E-state index contributed by atoms with van der Waals surface area (Å²) in [5.41, 5.74) is 2.03. The van der Waals surface area contributed by atoms with Crippen molar-refractivity contribution in [2.24, 2.45) is 0 Å². The molecule has 0 amide bonds. The molecule has 2 heteroatoms. The second-order valence-corrected chi connectivity index (χ2v) is 6.06. The molecule has 0 saturated carbocycles. The highest BCUT2D eigenvalue weighted by Crippen LogP contribution is 2.26. The first-order valence-electron chi connectivity index (χ1n) is 6.91. The van der Waals surface area contributed by atoms with E-state index < -0.39 is 0 Å². The van der Waals surface area contributed by atoms with Crippen LogP contribution in [0.1, 0.15) is 10.6 Å². The third kappa shape index (κ3) is 2.46. The molecule has 2 aromatic carbocycles. The van der Waals surface area contributed by atoms with Crippen molar-refractivity contribution >= 4 is 44.5 Å². The summed E-state index contributed by atoms with van der Waals surface area (Å²) in [6.45, 7) is 0. The van der Waals surface area contributed by atoms with Gasteiger partial charge in [0.2, 0.25) is 0 Å². The van der Waals surface area contributed by atoms with Crippen LogP contribution in [-0.4, -0.2) is 4.98 Å². The van der Waals surface area contributed by atoms with Crippen LogP contribution in [-0.2, 0) is 0 Å². The Labute approximate surface area is 127 Å². The average Bonchev–Trinajstić information content (AvgIpc) is 2.95. The molecule has 0 aliphatic rings. The highest BCUT2D eigenvalue weighted by Gasteiger charge is 1.98. The summed E-state index contributed by atoms with van der Waals surface area (Å²) in [6.07, 6.45) is 4.22. The zero-order valence-corrected chi connectivity index (χ0v) is 12.2. The molecule has 0 radical (unpaired) electrons. The summed E-state index contributed by atoms with van der Waals surface area (Å²) >= 11 is 1.81. The molecular formula is C19H13NS. The second-order valence-electron chi connectivity index (χ2n) is 4.95. The van der Waals surface area contributed by atoms with Crippen molar-refractivity contribution in [3.8, 4) is 0 Å². The number of benzene rings is 2. The average molecular weight is 287 g/mol. The lowest BCUT2D eigenvalue weighted by molar-refractivity contribution is 1.37. The number of pyridine rings is 1. The van der Waals surface area contributed by atoms with Gasteiger partial charge in [0.1, 0.15) is 0 Å². The van der Waals surface area contributed by atoms with Crippen LogP contribution in [0.15, 0.2) is 66.7 Å². The normalized spacial score (nSPS) is 11.6. The van der Waals surface area contributed by atoms with Gasteiger partial charge >= 0.3 is 0 Å². The van der Waals surface area contributed by atoms with Gasteiger partial charge in [-0.2, -0.15) is 0 Å². The molecule has 2 heterocycles. The Kier molecular flexibility index (Phi) is 3.02. The lowest BCUT2D eigenvalue weighted by atomic mass is 10.2. The van der Waals surface area contributed by atoms with Gasteiger partial charge in [-0.15, -0.1) is 11.3 Å². The fraction of sp³-hybridized carbons (Fsp3) is 0. The van der Waals surface area contributed by atoms with Crippen molar-refractivity contribution < 1.29 is 0 Å². The molecule has 0 spiro atoms. The number of aromatic nitrogens is 1. The molecule has 0 saturated heterocycles. The SMILES string of the molecule is C(=C\c1cc2ccccc2s1)/c1ccc2ccccc2n1. The molecule has 4 rings (SSSR count). The molecule has 0 fully saturated rings. The van der Waals surface area contributed by atoms with E-state index in [1.165, 1.54) is 20.3 Å². The minimum absolute atomic E-state index is 0.992. The summed E-state index contributed by atoms with van der Waals surface area (Å²) in [5, 5.41) is 2.48. The van der Waals surface area contributed by atoms with Crippen LogP contribution in [0.3, 0.4) is 0 Å². The number of hydrogen-bond donors (Lipinski definition) is 0. The van der Waals surface area contributed by atoms with Crippen LogP contribution in [0.4, 0.5) is 0 Å². The summed E-state index contributed by atoms with van der Waals surface area (Å²) < 4.78 is 1.32. The number of thiophene rings is 1. The minimum Gasteiger partial charge on any atom is -0.248 e. The second kappa shape index (κ2) is 5.15. The summed E-state index contributed by atoms with van der Waals surface area (Å²) in [4.78, 5) is 5.92. The maximum absolute atomic E-state index is 4.66. The van der Waals surface area contributed by atoms with Crippen LogP contribution in [0.25, 0.3) is 33.1 Å². The molecule has 2 aromatic heterocycles. The molecule has 21 heavy (non-hydrogen) atoms. The lowest BCUT2D eigenvalue weighted by Gasteiger charge is -1.97. The first-order chi connectivity index (χ1) is 10.4. The summed E-state index contributed by atoms with van der Waals surface area (Å²) in [6, 6.07) is 23.1. The van der Waals surface area contributed by atoms with E-state index >= 15 is 0 Å². The topological polar surface area (TPSA) is 12.9 Å². The predicted molar refractivity (Wildman–Crippen MR) is 92.5 cm³/mol. The van der Waals surface area contributed by atoms with Crippen molar-refractivity contribution in [1.29, 1.82) is 0 Å². The highest BCUT2D eigenvalue weighted by molar-refractivity contribution is 7.19. The molecule has 0 N–H and O–H groups in total. The van der Waals surface area contributed by atoms with Gasteiger partial charge in [0.05, 0.1) is 11.2 Å². The molecule has 0 unspecified atom stereocenters. The van der Waals surface area contributed by atoms with E-state index in [4.69, 9.17) is 0 Å². The van der Waals surface area contributed by atoms with Crippen LogP contribution < -0.4 is 0 Å².